The fourth-order valence-corrected chi connectivity index (χ4v) is 3.91. The quantitative estimate of drug-likeness (QED) is 0.650. The SMILES string of the molecule is NC(=O)c1cc(C2CCN(C(=O)c3cc(-c4cccs4)[nH]n3)CC2)[nH]n1. The minimum absolute atomic E-state index is 0.0649. The highest BCUT2D eigenvalue weighted by Gasteiger charge is 2.27. The van der Waals surface area contributed by atoms with Crippen molar-refractivity contribution in [1.29, 1.82) is 0 Å². The summed E-state index contributed by atoms with van der Waals surface area (Å²) in [5.41, 5.74) is 7.67. The van der Waals surface area contributed by atoms with E-state index in [1.807, 2.05) is 22.4 Å². The molecule has 1 fully saturated rings. The van der Waals surface area contributed by atoms with Crippen molar-refractivity contribution >= 4 is 23.2 Å². The van der Waals surface area contributed by atoms with Crippen LogP contribution in [-0.4, -0.2) is 50.2 Å². The van der Waals surface area contributed by atoms with Gasteiger partial charge < -0.3 is 10.6 Å². The van der Waals surface area contributed by atoms with Crippen molar-refractivity contribution in [2.24, 2.45) is 5.73 Å². The topological polar surface area (TPSA) is 121 Å². The van der Waals surface area contributed by atoms with Crippen LogP contribution in [0.3, 0.4) is 0 Å². The van der Waals surface area contributed by atoms with E-state index in [4.69, 9.17) is 5.73 Å². The van der Waals surface area contributed by atoms with E-state index in [2.05, 4.69) is 20.4 Å². The molecule has 1 saturated heterocycles. The number of likely N-dealkylation sites (tertiary alicyclic amines) is 1. The lowest BCUT2D eigenvalue weighted by Crippen LogP contribution is -2.38. The van der Waals surface area contributed by atoms with Gasteiger partial charge in [-0.15, -0.1) is 11.3 Å². The van der Waals surface area contributed by atoms with Crippen LogP contribution in [0.5, 0.6) is 0 Å². The fraction of sp³-hybridized carbons (Fsp3) is 0.294. The maximum absolute atomic E-state index is 12.7. The Labute approximate surface area is 153 Å². The number of nitrogens with zero attached hydrogens (tertiary/aromatic N) is 3. The van der Waals surface area contributed by atoms with Gasteiger partial charge in [-0.25, -0.2) is 0 Å². The van der Waals surface area contributed by atoms with E-state index >= 15 is 0 Å². The molecule has 0 spiro atoms. The number of aromatic amines is 2. The number of amides is 2. The number of nitrogens with two attached hydrogens (primary N) is 1. The molecule has 4 heterocycles. The number of H-pyrrole nitrogens is 2. The van der Waals surface area contributed by atoms with E-state index in [0.29, 0.717) is 18.8 Å². The summed E-state index contributed by atoms with van der Waals surface area (Å²) < 4.78 is 0. The van der Waals surface area contributed by atoms with E-state index in [1.54, 1.807) is 23.5 Å². The molecule has 1 aliphatic rings. The van der Waals surface area contributed by atoms with Crippen molar-refractivity contribution in [2.75, 3.05) is 13.1 Å². The molecule has 3 aromatic heterocycles. The zero-order valence-electron chi connectivity index (χ0n) is 13.9. The van der Waals surface area contributed by atoms with Crippen LogP contribution in [0.15, 0.2) is 29.6 Å². The molecule has 2 amide bonds. The van der Waals surface area contributed by atoms with Crippen molar-refractivity contribution in [3.8, 4) is 10.6 Å². The Balaban J connectivity index is 1.39. The Bertz CT molecular complexity index is 921. The highest BCUT2D eigenvalue weighted by atomic mass is 32.1. The third-order valence-electron chi connectivity index (χ3n) is 4.66. The monoisotopic (exact) mass is 370 g/mol. The lowest BCUT2D eigenvalue weighted by Gasteiger charge is -2.30. The lowest BCUT2D eigenvalue weighted by molar-refractivity contribution is 0.0706. The maximum atomic E-state index is 12.7. The molecular weight excluding hydrogens is 352 g/mol. The number of hydrogen-bond donors (Lipinski definition) is 3. The molecule has 134 valence electrons. The molecule has 4 N–H and O–H groups in total. The standard InChI is InChI=1S/C17H18N6O2S/c18-16(24)13-8-11(19-21-13)10-3-5-23(6-4-10)17(25)14-9-12(20-22-14)15-2-1-7-26-15/h1-2,7-10H,3-6H2,(H2,18,24)(H,19,21)(H,20,22). The molecule has 0 saturated carbocycles. The first-order chi connectivity index (χ1) is 12.6. The van der Waals surface area contributed by atoms with Gasteiger partial charge in [0.25, 0.3) is 11.8 Å². The Morgan fingerprint density at radius 1 is 1.15 bits per heavy atom. The number of hydrogen-bond acceptors (Lipinski definition) is 5. The first-order valence-electron chi connectivity index (χ1n) is 8.35. The number of primary amides is 1. The largest absolute Gasteiger partial charge is 0.364 e. The number of rotatable bonds is 4. The second-order valence-electron chi connectivity index (χ2n) is 6.28. The molecule has 26 heavy (non-hydrogen) atoms. The Kier molecular flexibility index (Phi) is 4.29. The normalized spacial score (nSPS) is 15.3. The first kappa shape index (κ1) is 16.5. The molecule has 0 aliphatic carbocycles. The number of carbonyl (C=O) groups is 2. The Morgan fingerprint density at radius 2 is 1.92 bits per heavy atom. The minimum Gasteiger partial charge on any atom is -0.364 e. The highest BCUT2D eigenvalue weighted by molar-refractivity contribution is 7.13. The van der Waals surface area contributed by atoms with Gasteiger partial charge in [0.15, 0.2) is 5.69 Å². The first-order valence-corrected chi connectivity index (χ1v) is 9.23. The molecule has 8 nitrogen and oxygen atoms in total. The zero-order chi connectivity index (χ0) is 18.1. The predicted octanol–water partition coefficient (Wildman–Crippen LogP) is 1.98. The summed E-state index contributed by atoms with van der Waals surface area (Å²) in [6.07, 6.45) is 1.60. The predicted molar refractivity (Wildman–Crippen MR) is 96.9 cm³/mol. The van der Waals surface area contributed by atoms with Crippen LogP contribution in [0.1, 0.15) is 45.4 Å². The van der Waals surface area contributed by atoms with E-state index in [-0.39, 0.29) is 17.5 Å². The zero-order valence-corrected chi connectivity index (χ0v) is 14.8. The minimum atomic E-state index is -0.541. The summed E-state index contributed by atoms with van der Waals surface area (Å²) in [6.45, 7) is 1.27. The van der Waals surface area contributed by atoms with Crippen molar-refractivity contribution in [1.82, 2.24) is 25.3 Å². The van der Waals surface area contributed by atoms with Gasteiger partial charge in [0, 0.05) is 24.7 Å². The van der Waals surface area contributed by atoms with Crippen molar-refractivity contribution in [2.45, 2.75) is 18.8 Å². The van der Waals surface area contributed by atoms with Crippen LogP contribution in [0.25, 0.3) is 10.6 Å². The summed E-state index contributed by atoms with van der Waals surface area (Å²) >= 11 is 1.60. The van der Waals surface area contributed by atoms with Gasteiger partial charge in [0.2, 0.25) is 0 Å². The molecule has 3 aromatic rings. The van der Waals surface area contributed by atoms with Crippen molar-refractivity contribution in [3.05, 3.63) is 46.7 Å². The molecule has 1 aliphatic heterocycles. The highest BCUT2D eigenvalue weighted by Crippen LogP contribution is 2.28. The van der Waals surface area contributed by atoms with Crippen LogP contribution < -0.4 is 5.73 Å². The molecule has 0 bridgehead atoms. The van der Waals surface area contributed by atoms with E-state index in [1.165, 1.54) is 0 Å². The van der Waals surface area contributed by atoms with Crippen LogP contribution in [-0.2, 0) is 0 Å². The summed E-state index contributed by atoms with van der Waals surface area (Å²) in [5.74, 6) is -0.370. The van der Waals surface area contributed by atoms with E-state index < -0.39 is 5.91 Å². The van der Waals surface area contributed by atoms with Gasteiger partial charge in [-0.2, -0.15) is 10.2 Å². The average molecular weight is 370 g/mol. The third kappa shape index (κ3) is 3.13. The smallest absolute Gasteiger partial charge is 0.274 e. The molecule has 4 rings (SSSR count). The molecule has 0 radical (unpaired) electrons. The number of aromatic nitrogens is 4. The maximum Gasteiger partial charge on any atom is 0.274 e. The number of nitrogens with one attached hydrogen (secondary N) is 2. The number of thiophene rings is 1. The van der Waals surface area contributed by atoms with Crippen LogP contribution >= 0.6 is 11.3 Å². The van der Waals surface area contributed by atoms with Gasteiger partial charge in [-0.3, -0.25) is 19.8 Å². The van der Waals surface area contributed by atoms with Gasteiger partial charge in [-0.05, 0) is 36.4 Å². The second kappa shape index (κ2) is 6.75. The Morgan fingerprint density at radius 3 is 2.58 bits per heavy atom. The van der Waals surface area contributed by atoms with Crippen LogP contribution in [0, 0.1) is 0 Å². The van der Waals surface area contributed by atoms with E-state index in [9.17, 15) is 9.59 Å². The summed E-state index contributed by atoms with van der Waals surface area (Å²) in [7, 11) is 0. The molecule has 9 heteroatoms. The van der Waals surface area contributed by atoms with Gasteiger partial charge in [0.1, 0.15) is 5.69 Å². The summed E-state index contributed by atoms with van der Waals surface area (Å²) in [5, 5.41) is 15.9. The molecule has 0 unspecified atom stereocenters. The second-order valence-corrected chi connectivity index (χ2v) is 7.23. The summed E-state index contributed by atoms with van der Waals surface area (Å²) in [4.78, 5) is 26.7. The lowest BCUT2D eigenvalue weighted by atomic mass is 9.93. The number of carbonyl (C=O) groups excluding carboxylic acids is 2. The Hall–Kier alpha value is -2.94. The van der Waals surface area contributed by atoms with Crippen molar-refractivity contribution < 1.29 is 9.59 Å². The molecule has 0 atom stereocenters. The van der Waals surface area contributed by atoms with Crippen LogP contribution in [0.2, 0.25) is 0 Å². The van der Waals surface area contributed by atoms with E-state index in [0.717, 1.165) is 29.1 Å². The van der Waals surface area contributed by atoms with Crippen molar-refractivity contribution in [3.63, 3.8) is 0 Å². The average Bonchev–Trinajstić information content (AvgIpc) is 3.42. The third-order valence-corrected chi connectivity index (χ3v) is 5.56. The van der Waals surface area contributed by atoms with Crippen LogP contribution in [0.4, 0.5) is 0 Å². The summed E-state index contributed by atoms with van der Waals surface area (Å²) in [6, 6.07) is 7.45. The molecular formula is C17H18N6O2S. The van der Waals surface area contributed by atoms with Gasteiger partial charge in [-0.1, -0.05) is 6.07 Å². The number of piperidine rings is 1. The van der Waals surface area contributed by atoms with Gasteiger partial charge in [0.05, 0.1) is 10.6 Å². The van der Waals surface area contributed by atoms with Gasteiger partial charge >= 0.3 is 0 Å². The fourth-order valence-electron chi connectivity index (χ4n) is 3.22. The molecule has 0 aromatic carbocycles.